The number of aryl methyl sites for hydroxylation is 6. The molecule has 0 bridgehead atoms. The van der Waals surface area contributed by atoms with E-state index in [-0.39, 0.29) is 5.56 Å². The van der Waals surface area contributed by atoms with E-state index in [4.69, 9.17) is 4.74 Å². The van der Waals surface area contributed by atoms with Gasteiger partial charge < -0.3 is 4.74 Å². The first kappa shape index (κ1) is 18.9. The highest BCUT2D eigenvalue weighted by molar-refractivity contribution is 7.11. The van der Waals surface area contributed by atoms with Crippen molar-refractivity contribution in [3.05, 3.63) is 55.5 Å². The molecule has 3 heterocycles. The number of aromatic nitrogens is 5. The Kier molecular flexibility index (Phi) is 5.05. The molecule has 0 saturated heterocycles. The number of hydrogen-bond acceptors (Lipinski definition) is 6. The summed E-state index contributed by atoms with van der Waals surface area (Å²) in [6.07, 6.45) is 4.44. The predicted molar refractivity (Wildman–Crippen MR) is 108 cm³/mol. The van der Waals surface area contributed by atoms with Crippen molar-refractivity contribution >= 4 is 11.3 Å². The van der Waals surface area contributed by atoms with Crippen molar-refractivity contribution in [3.63, 3.8) is 0 Å². The lowest BCUT2D eigenvalue weighted by molar-refractivity contribution is 0.277. The molecule has 1 saturated carbocycles. The molecule has 8 heteroatoms. The molecule has 1 fully saturated rings. The van der Waals surface area contributed by atoms with Crippen molar-refractivity contribution in [2.45, 2.75) is 39.0 Å². The molecule has 1 aliphatic rings. The SMILES string of the molecule is Cc1nc(CCc2cc(OC[C@H]3C[C@@H]3c3ccn(C)n3)nn(C)c2=O)sc1C. The Balaban J connectivity index is 1.39. The van der Waals surface area contributed by atoms with Gasteiger partial charge in [-0.15, -0.1) is 16.4 Å². The van der Waals surface area contributed by atoms with E-state index in [9.17, 15) is 4.79 Å². The number of nitrogens with zero attached hydrogens (tertiary/aromatic N) is 5. The number of hydrogen-bond donors (Lipinski definition) is 0. The van der Waals surface area contributed by atoms with Crippen molar-refractivity contribution in [1.29, 1.82) is 0 Å². The molecule has 0 spiro atoms. The maximum absolute atomic E-state index is 12.4. The summed E-state index contributed by atoms with van der Waals surface area (Å²) >= 11 is 1.70. The summed E-state index contributed by atoms with van der Waals surface area (Å²) in [6.45, 7) is 4.68. The molecule has 3 aromatic heterocycles. The zero-order chi connectivity index (χ0) is 19.8. The highest BCUT2D eigenvalue weighted by atomic mass is 32.1. The Bertz CT molecular complexity index is 1030. The highest BCUT2D eigenvalue weighted by Crippen LogP contribution is 2.46. The van der Waals surface area contributed by atoms with Gasteiger partial charge in [-0.2, -0.15) is 5.10 Å². The van der Waals surface area contributed by atoms with Gasteiger partial charge in [-0.1, -0.05) is 0 Å². The smallest absolute Gasteiger partial charge is 0.269 e. The van der Waals surface area contributed by atoms with Gasteiger partial charge in [-0.05, 0) is 32.8 Å². The van der Waals surface area contributed by atoms with Gasteiger partial charge in [-0.25, -0.2) is 9.67 Å². The molecular formula is C20H25N5O2S. The van der Waals surface area contributed by atoms with Crippen molar-refractivity contribution in [2.75, 3.05) is 6.61 Å². The summed E-state index contributed by atoms with van der Waals surface area (Å²) in [4.78, 5) is 18.2. The van der Waals surface area contributed by atoms with Crippen LogP contribution in [0, 0.1) is 19.8 Å². The molecular weight excluding hydrogens is 374 g/mol. The van der Waals surface area contributed by atoms with Gasteiger partial charge in [-0.3, -0.25) is 9.48 Å². The third-order valence-electron chi connectivity index (χ3n) is 5.28. The molecule has 4 rings (SSSR count). The zero-order valence-electron chi connectivity index (χ0n) is 16.7. The standard InChI is InChI=1S/C20H25N5O2S/c1-12-13(2)28-19(21-12)6-5-14-10-18(23-25(4)20(14)26)27-11-15-9-16(15)17-7-8-24(3)22-17/h7-8,10,15-16H,5-6,9,11H2,1-4H3/t15-,16+/m1/s1. The number of thiazole rings is 1. The van der Waals surface area contributed by atoms with Gasteiger partial charge in [0.15, 0.2) is 0 Å². The Morgan fingerprint density at radius 2 is 2.07 bits per heavy atom. The average molecular weight is 400 g/mol. The first-order valence-electron chi connectivity index (χ1n) is 9.53. The third-order valence-corrected chi connectivity index (χ3v) is 6.41. The third kappa shape index (κ3) is 4.01. The van der Waals surface area contributed by atoms with Crippen LogP contribution in [-0.4, -0.2) is 31.2 Å². The maximum Gasteiger partial charge on any atom is 0.269 e. The molecule has 0 amide bonds. The van der Waals surface area contributed by atoms with E-state index in [0.717, 1.165) is 34.8 Å². The molecule has 2 atom stereocenters. The van der Waals surface area contributed by atoms with Gasteiger partial charge >= 0.3 is 0 Å². The van der Waals surface area contributed by atoms with Gasteiger partial charge in [0, 0.05) is 55.1 Å². The summed E-state index contributed by atoms with van der Waals surface area (Å²) in [7, 11) is 3.60. The van der Waals surface area contributed by atoms with Crippen molar-refractivity contribution in [1.82, 2.24) is 24.5 Å². The lowest BCUT2D eigenvalue weighted by Gasteiger charge is -2.08. The van der Waals surface area contributed by atoms with E-state index in [2.05, 4.69) is 28.2 Å². The fourth-order valence-electron chi connectivity index (χ4n) is 3.40. The zero-order valence-corrected chi connectivity index (χ0v) is 17.5. The molecule has 0 N–H and O–H groups in total. The highest BCUT2D eigenvalue weighted by Gasteiger charge is 2.40. The van der Waals surface area contributed by atoms with Gasteiger partial charge in [0.1, 0.15) is 0 Å². The van der Waals surface area contributed by atoms with E-state index in [1.165, 1.54) is 9.56 Å². The summed E-state index contributed by atoms with van der Waals surface area (Å²) in [5, 5.41) is 9.79. The second kappa shape index (κ2) is 7.50. The van der Waals surface area contributed by atoms with E-state index >= 15 is 0 Å². The van der Waals surface area contributed by atoms with Crippen LogP contribution in [0.5, 0.6) is 5.88 Å². The largest absolute Gasteiger partial charge is 0.476 e. The Hall–Kier alpha value is -2.48. The fourth-order valence-corrected chi connectivity index (χ4v) is 4.33. The summed E-state index contributed by atoms with van der Waals surface area (Å²) in [5.74, 6) is 1.43. The van der Waals surface area contributed by atoms with E-state index < -0.39 is 0 Å². The Labute approximate surface area is 168 Å². The molecule has 1 aliphatic carbocycles. The first-order valence-corrected chi connectivity index (χ1v) is 10.3. The van der Waals surface area contributed by atoms with Gasteiger partial charge in [0.25, 0.3) is 5.56 Å². The molecule has 148 valence electrons. The first-order chi connectivity index (χ1) is 13.4. The Morgan fingerprint density at radius 1 is 1.25 bits per heavy atom. The van der Waals surface area contributed by atoms with Crippen LogP contribution in [0.4, 0.5) is 0 Å². The second-order valence-electron chi connectivity index (χ2n) is 7.51. The molecule has 7 nitrogen and oxygen atoms in total. The molecule has 3 aromatic rings. The van der Waals surface area contributed by atoms with E-state index in [0.29, 0.717) is 30.7 Å². The lowest BCUT2D eigenvalue weighted by Crippen LogP contribution is -2.24. The summed E-state index contributed by atoms with van der Waals surface area (Å²) in [6, 6.07) is 3.85. The summed E-state index contributed by atoms with van der Waals surface area (Å²) < 4.78 is 9.12. The van der Waals surface area contributed by atoms with E-state index in [1.807, 2.05) is 24.9 Å². The maximum atomic E-state index is 12.4. The minimum absolute atomic E-state index is 0.0739. The van der Waals surface area contributed by atoms with Crippen LogP contribution >= 0.6 is 11.3 Å². The normalized spacial score (nSPS) is 18.4. The van der Waals surface area contributed by atoms with E-state index in [1.54, 1.807) is 24.5 Å². The Morgan fingerprint density at radius 3 is 2.75 bits per heavy atom. The topological polar surface area (TPSA) is 74.8 Å². The minimum atomic E-state index is -0.0739. The molecule has 0 aliphatic heterocycles. The monoisotopic (exact) mass is 399 g/mol. The van der Waals surface area contributed by atoms with Crippen LogP contribution in [-0.2, 0) is 26.9 Å². The average Bonchev–Trinajstić information content (AvgIpc) is 3.19. The fraction of sp³-hybridized carbons (Fsp3) is 0.500. The van der Waals surface area contributed by atoms with Crippen molar-refractivity contribution in [3.8, 4) is 5.88 Å². The van der Waals surface area contributed by atoms with Crippen LogP contribution < -0.4 is 10.3 Å². The molecule has 28 heavy (non-hydrogen) atoms. The minimum Gasteiger partial charge on any atom is -0.476 e. The predicted octanol–water partition coefficient (Wildman–Crippen LogP) is 2.55. The van der Waals surface area contributed by atoms with Gasteiger partial charge in [0.05, 0.1) is 23.0 Å². The van der Waals surface area contributed by atoms with Crippen molar-refractivity contribution in [2.24, 2.45) is 20.0 Å². The number of rotatable bonds is 7. The molecule has 0 unspecified atom stereocenters. The van der Waals surface area contributed by atoms with Crippen LogP contribution in [0.25, 0.3) is 0 Å². The second-order valence-corrected chi connectivity index (χ2v) is 8.80. The molecule has 0 radical (unpaired) electrons. The number of ether oxygens (including phenoxy) is 1. The quantitative estimate of drug-likeness (QED) is 0.610. The lowest BCUT2D eigenvalue weighted by atomic mass is 10.2. The molecule has 0 aromatic carbocycles. The summed E-state index contributed by atoms with van der Waals surface area (Å²) in [5.41, 5.74) is 2.84. The van der Waals surface area contributed by atoms with Crippen LogP contribution in [0.2, 0.25) is 0 Å². The van der Waals surface area contributed by atoms with Crippen LogP contribution in [0.3, 0.4) is 0 Å². The van der Waals surface area contributed by atoms with Gasteiger partial charge in [0.2, 0.25) is 5.88 Å². The van der Waals surface area contributed by atoms with Crippen LogP contribution in [0.1, 0.15) is 39.2 Å². The van der Waals surface area contributed by atoms with Crippen molar-refractivity contribution < 1.29 is 4.74 Å². The van der Waals surface area contributed by atoms with Crippen LogP contribution in [0.15, 0.2) is 23.1 Å².